The van der Waals surface area contributed by atoms with Crippen LogP contribution in [-0.2, 0) is 23.1 Å². The number of rotatable bonds is 3. The number of amides is 1. The molecule has 0 aliphatic carbocycles. The fraction of sp³-hybridized carbons (Fsp3) is 0.400. The summed E-state index contributed by atoms with van der Waals surface area (Å²) in [7, 11) is 1.69. The number of hydrogen-bond donors (Lipinski definition) is 1. The molecule has 110 valence electrons. The third-order valence-electron chi connectivity index (χ3n) is 4.04. The van der Waals surface area contributed by atoms with E-state index in [4.69, 9.17) is 0 Å². The molecule has 1 unspecified atom stereocenters. The number of hydrogen-bond acceptors (Lipinski definition) is 3. The highest BCUT2D eigenvalue weighted by Crippen LogP contribution is 2.23. The van der Waals surface area contributed by atoms with Crippen LogP contribution in [0.1, 0.15) is 24.4 Å². The summed E-state index contributed by atoms with van der Waals surface area (Å²) in [6, 6.07) is 5.03. The first-order valence-corrected chi connectivity index (χ1v) is 7.04. The highest BCUT2D eigenvalue weighted by Gasteiger charge is 2.27. The molecule has 6 nitrogen and oxygen atoms in total. The number of nitrogens with zero attached hydrogens (tertiary/aromatic N) is 2. The zero-order chi connectivity index (χ0) is 15.0. The first kappa shape index (κ1) is 13.6. The maximum Gasteiger partial charge on any atom is 0.329 e. The van der Waals surface area contributed by atoms with Crippen LogP contribution < -0.4 is 11.0 Å². The van der Waals surface area contributed by atoms with E-state index in [1.807, 2.05) is 18.2 Å². The molecule has 0 saturated carbocycles. The maximum atomic E-state index is 12.5. The van der Waals surface area contributed by atoms with E-state index in [-0.39, 0.29) is 11.6 Å². The van der Waals surface area contributed by atoms with Crippen LogP contribution in [0.5, 0.6) is 0 Å². The molecule has 21 heavy (non-hydrogen) atoms. The van der Waals surface area contributed by atoms with Gasteiger partial charge in [-0.3, -0.25) is 13.9 Å². The minimum atomic E-state index is -0.452. The van der Waals surface area contributed by atoms with Crippen LogP contribution in [0.4, 0.5) is 0 Å². The Morgan fingerprint density at radius 1 is 1.33 bits per heavy atom. The highest BCUT2D eigenvalue weighted by atomic mass is 16.2. The summed E-state index contributed by atoms with van der Waals surface area (Å²) < 4.78 is 3.10. The average Bonchev–Trinajstić information content (AvgIpc) is 2.73. The Morgan fingerprint density at radius 2 is 2.14 bits per heavy atom. The molecule has 0 spiro atoms. The third-order valence-corrected chi connectivity index (χ3v) is 4.04. The second-order valence-corrected chi connectivity index (χ2v) is 5.35. The predicted octanol–water partition coefficient (Wildman–Crippen LogP) is 0.532. The number of imidazole rings is 1. The Bertz CT molecular complexity index is 772. The largest absolute Gasteiger partial charge is 0.354 e. The first-order valence-electron chi connectivity index (χ1n) is 7.04. The number of fused-ring (bicyclic) bond motifs is 1. The molecule has 6 heteroatoms. The molecule has 1 saturated heterocycles. The third kappa shape index (κ3) is 2.16. The zero-order valence-electron chi connectivity index (χ0n) is 11.8. The number of aldehydes is 1. The SMILES string of the molecule is Cn1c(=O)n(C2CCCNC2=O)c2ccc(CC=O)cc21. The van der Waals surface area contributed by atoms with Crippen molar-refractivity contribution in [3.63, 3.8) is 0 Å². The van der Waals surface area contributed by atoms with Crippen molar-refractivity contribution in [2.75, 3.05) is 6.54 Å². The summed E-state index contributed by atoms with van der Waals surface area (Å²) in [6.07, 6.45) is 2.69. The standard InChI is InChI=1S/C15H17N3O3/c1-17-13-9-10(6-8-19)4-5-11(13)18(15(17)21)12-3-2-7-16-14(12)20/h4-5,8-9,12H,2-3,6-7H2,1H3,(H,16,20). The van der Waals surface area contributed by atoms with Crippen molar-refractivity contribution < 1.29 is 9.59 Å². The van der Waals surface area contributed by atoms with Crippen LogP contribution in [-0.4, -0.2) is 27.9 Å². The van der Waals surface area contributed by atoms with Crippen molar-refractivity contribution in [3.8, 4) is 0 Å². The van der Waals surface area contributed by atoms with Crippen LogP contribution in [0.2, 0.25) is 0 Å². The lowest BCUT2D eigenvalue weighted by molar-refractivity contribution is -0.125. The van der Waals surface area contributed by atoms with E-state index in [9.17, 15) is 14.4 Å². The van der Waals surface area contributed by atoms with Gasteiger partial charge in [-0.25, -0.2) is 4.79 Å². The van der Waals surface area contributed by atoms with Gasteiger partial charge in [0.2, 0.25) is 5.91 Å². The molecular formula is C15H17N3O3. The van der Waals surface area contributed by atoms with Gasteiger partial charge in [0, 0.05) is 20.0 Å². The molecule has 1 aromatic heterocycles. The van der Waals surface area contributed by atoms with Gasteiger partial charge >= 0.3 is 5.69 Å². The summed E-state index contributed by atoms with van der Waals surface area (Å²) in [6.45, 7) is 0.665. The van der Waals surface area contributed by atoms with E-state index in [1.165, 1.54) is 4.57 Å². The van der Waals surface area contributed by atoms with Crippen LogP contribution in [0.15, 0.2) is 23.0 Å². The smallest absolute Gasteiger partial charge is 0.329 e. The summed E-state index contributed by atoms with van der Waals surface area (Å²) >= 11 is 0. The Balaban J connectivity index is 2.19. The van der Waals surface area contributed by atoms with Gasteiger partial charge < -0.3 is 10.1 Å². The van der Waals surface area contributed by atoms with Gasteiger partial charge in [0.1, 0.15) is 12.3 Å². The quantitative estimate of drug-likeness (QED) is 0.837. The van der Waals surface area contributed by atoms with Gasteiger partial charge in [0.05, 0.1) is 11.0 Å². The second kappa shape index (κ2) is 5.20. The van der Waals surface area contributed by atoms with Crippen molar-refractivity contribution in [2.45, 2.75) is 25.3 Å². The molecule has 1 N–H and O–H groups in total. The van der Waals surface area contributed by atoms with Gasteiger partial charge in [0.15, 0.2) is 0 Å². The minimum absolute atomic E-state index is 0.104. The van der Waals surface area contributed by atoms with E-state index in [2.05, 4.69) is 5.32 Å². The van der Waals surface area contributed by atoms with Crippen molar-refractivity contribution in [1.29, 1.82) is 0 Å². The van der Waals surface area contributed by atoms with Crippen LogP contribution in [0.3, 0.4) is 0 Å². The molecule has 2 aromatic rings. The van der Waals surface area contributed by atoms with Crippen LogP contribution in [0, 0.1) is 0 Å². The van der Waals surface area contributed by atoms with Crippen molar-refractivity contribution >= 4 is 23.2 Å². The second-order valence-electron chi connectivity index (χ2n) is 5.35. The first-order chi connectivity index (χ1) is 10.1. The Labute approximate surface area is 121 Å². The fourth-order valence-corrected chi connectivity index (χ4v) is 2.94. The van der Waals surface area contributed by atoms with Gasteiger partial charge in [-0.05, 0) is 30.5 Å². The van der Waals surface area contributed by atoms with Gasteiger partial charge in [-0.15, -0.1) is 0 Å². The normalized spacial score (nSPS) is 18.7. The lowest BCUT2D eigenvalue weighted by atomic mass is 10.1. The van der Waals surface area contributed by atoms with E-state index in [0.717, 1.165) is 29.3 Å². The molecule has 1 aliphatic heterocycles. The molecular weight excluding hydrogens is 270 g/mol. The highest BCUT2D eigenvalue weighted by molar-refractivity contribution is 5.85. The molecule has 2 heterocycles. The van der Waals surface area contributed by atoms with Crippen molar-refractivity contribution in [3.05, 3.63) is 34.2 Å². The number of carbonyl (C=O) groups excluding carboxylic acids is 2. The Hall–Kier alpha value is -2.37. The summed E-state index contributed by atoms with van der Waals surface area (Å²) in [5, 5.41) is 2.81. The summed E-state index contributed by atoms with van der Waals surface area (Å²) in [5.41, 5.74) is 2.14. The number of nitrogens with one attached hydrogen (secondary N) is 1. The van der Waals surface area contributed by atoms with Gasteiger partial charge in [0.25, 0.3) is 0 Å². The van der Waals surface area contributed by atoms with Crippen molar-refractivity contribution in [1.82, 2.24) is 14.5 Å². The Morgan fingerprint density at radius 3 is 2.86 bits per heavy atom. The number of carbonyl (C=O) groups is 2. The van der Waals surface area contributed by atoms with E-state index < -0.39 is 6.04 Å². The zero-order valence-corrected chi connectivity index (χ0v) is 11.8. The molecule has 1 aliphatic rings. The number of aryl methyl sites for hydroxylation is 1. The van der Waals surface area contributed by atoms with E-state index >= 15 is 0 Å². The molecule has 1 amide bonds. The Kier molecular flexibility index (Phi) is 3.37. The van der Waals surface area contributed by atoms with E-state index in [0.29, 0.717) is 19.4 Å². The number of benzene rings is 1. The van der Waals surface area contributed by atoms with Gasteiger partial charge in [-0.1, -0.05) is 6.07 Å². The molecule has 1 fully saturated rings. The molecule has 1 aromatic carbocycles. The maximum absolute atomic E-state index is 12.5. The average molecular weight is 287 g/mol. The van der Waals surface area contributed by atoms with Gasteiger partial charge in [-0.2, -0.15) is 0 Å². The molecule has 0 bridgehead atoms. The predicted molar refractivity (Wildman–Crippen MR) is 78.2 cm³/mol. The minimum Gasteiger partial charge on any atom is -0.354 e. The monoisotopic (exact) mass is 287 g/mol. The van der Waals surface area contributed by atoms with Crippen LogP contribution >= 0.6 is 0 Å². The topological polar surface area (TPSA) is 73.1 Å². The number of piperidine rings is 1. The molecule has 3 rings (SSSR count). The lowest BCUT2D eigenvalue weighted by Gasteiger charge is -2.22. The van der Waals surface area contributed by atoms with E-state index in [1.54, 1.807) is 11.6 Å². The van der Waals surface area contributed by atoms with Crippen molar-refractivity contribution in [2.24, 2.45) is 7.05 Å². The van der Waals surface area contributed by atoms with Crippen LogP contribution in [0.25, 0.3) is 11.0 Å². The molecule has 1 atom stereocenters. The summed E-state index contributed by atoms with van der Waals surface area (Å²) in [4.78, 5) is 35.2. The number of aromatic nitrogens is 2. The summed E-state index contributed by atoms with van der Waals surface area (Å²) in [5.74, 6) is -0.104. The fourth-order valence-electron chi connectivity index (χ4n) is 2.94. The molecule has 0 radical (unpaired) electrons. The lowest BCUT2D eigenvalue weighted by Crippen LogP contribution is -2.41.